The molecule has 0 saturated carbocycles. The Morgan fingerprint density at radius 2 is 1.57 bits per heavy atom. The Balaban J connectivity index is 2.12. The van der Waals surface area contributed by atoms with Gasteiger partial charge >= 0.3 is 12.1 Å². The van der Waals surface area contributed by atoms with Crippen LogP contribution < -0.4 is 14.8 Å². The minimum absolute atomic E-state index is 0.00813. The SMILES string of the molecule is COc1cccc(OC)c1C(=O)O[C@@H](C)C(=O)Nc1cccc(C(F)(F)F)c1. The third-order valence-electron chi connectivity index (χ3n) is 3.74. The van der Waals surface area contributed by atoms with Crippen molar-refractivity contribution in [3.63, 3.8) is 0 Å². The van der Waals surface area contributed by atoms with E-state index in [1.165, 1.54) is 39.3 Å². The maximum absolute atomic E-state index is 12.8. The second-order valence-electron chi connectivity index (χ2n) is 5.65. The highest BCUT2D eigenvalue weighted by Crippen LogP contribution is 2.31. The number of rotatable bonds is 6. The van der Waals surface area contributed by atoms with E-state index in [1.54, 1.807) is 6.07 Å². The van der Waals surface area contributed by atoms with Gasteiger partial charge in [0.25, 0.3) is 5.91 Å². The Bertz CT molecular complexity index is 845. The van der Waals surface area contributed by atoms with E-state index in [2.05, 4.69) is 5.32 Å². The summed E-state index contributed by atoms with van der Waals surface area (Å²) in [5.41, 5.74) is -0.988. The average Bonchev–Trinajstić information content (AvgIpc) is 2.66. The van der Waals surface area contributed by atoms with Gasteiger partial charge in [-0.05, 0) is 37.3 Å². The van der Waals surface area contributed by atoms with E-state index in [9.17, 15) is 22.8 Å². The van der Waals surface area contributed by atoms with Crippen LogP contribution in [0.4, 0.5) is 18.9 Å². The number of ether oxygens (including phenoxy) is 3. The van der Waals surface area contributed by atoms with Crippen LogP contribution in [0.2, 0.25) is 0 Å². The standard InChI is InChI=1S/C19H18F3NO5/c1-11(17(24)23-13-7-4-6-12(10-13)19(20,21)22)28-18(25)16-14(26-2)8-5-9-15(16)27-3/h4-11H,1-3H3,(H,23,24)/t11-/m0/s1. The van der Waals surface area contributed by atoms with Crippen LogP contribution in [0.3, 0.4) is 0 Å². The fourth-order valence-corrected chi connectivity index (χ4v) is 2.34. The molecule has 0 spiro atoms. The summed E-state index contributed by atoms with van der Waals surface area (Å²) < 4.78 is 53.6. The summed E-state index contributed by atoms with van der Waals surface area (Å²) in [7, 11) is 2.71. The minimum Gasteiger partial charge on any atom is -0.496 e. The summed E-state index contributed by atoms with van der Waals surface area (Å²) >= 11 is 0. The lowest BCUT2D eigenvalue weighted by molar-refractivity contribution is -0.137. The van der Waals surface area contributed by atoms with Crippen LogP contribution in [-0.2, 0) is 15.7 Å². The molecule has 0 unspecified atom stereocenters. The van der Waals surface area contributed by atoms with Gasteiger partial charge in [0.2, 0.25) is 0 Å². The third-order valence-corrected chi connectivity index (χ3v) is 3.74. The van der Waals surface area contributed by atoms with Crippen molar-refractivity contribution in [1.82, 2.24) is 0 Å². The molecule has 150 valence electrons. The highest BCUT2D eigenvalue weighted by molar-refractivity contribution is 5.99. The van der Waals surface area contributed by atoms with Gasteiger partial charge in [0.1, 0.15) is 17.1 Å². The van der Waals surface area contributed by atoms with Crippen molar-refractivity contribution in [2.75, 3.05) is 19.5 Å². The molecule has 0 fully saturated rings. The first-order valence-electron chi connectivity index (χ1n) is 8.07. The Labute approximate surface area is 159 Å². The molecule has 0 bridgehead atoms. The van der Waals surface area contributed by atoms with Crippen molar-refractivity contribution in [1.29, 1.82) is 0 Å². The molecule has 0 heterocycles. The van der Waals surface area contributed by atoms with Crippen molar-refractivity contribution < 1.29 is 37.0 Å². The van der Waals surface area contributed by atoms with E-state index in [0.29, 0.717) is 0 Å². The normalized spacial score (nSPS) is 12.1. The van der Waals surface area contributed by atoms with Gasteiger partial charge in [-0.15, -0.1) is 0 Å². The molecule has 2 aromatic rings. The first-order chi connectivity index (χ1) is 13.2. The van der Waals surface area contributed by atoms with E-state index in [-0.39, 0.29) is 22.7 Å². The van der Waals surface area contributed by atoms with Crippen molar-refractivity contribution in [3.8, 4) is 11.5 Å². The lowest BCUT2D eigenvalue weighted by Crippen LogP contribution is -2.30. The molecule has 2 rings (SSSR count). The number of amides is 1. The lowest BCUT2D eigenvalue weighted by Gasteiger charge is -2.17. The van der Waals surface area contributed by atoms with Gasteiger partial charge in [0.05, 0.1) is 19.8 Å². The van der Waals surface area contributed by atoms with E-state index >= 15 is 0 Å². The largest absolute Gasteiger partial charge is 0.496 e. The number of nitrogens with one attached hydrogen (secondary N) is 1. The van der Waals surface area contributed by atoms with Crippen LogP contribution in [0.15, 0.2) is 42.5 Å². The van der Waals surface area contributed by atoms with Crippen molar-refractivity contribution in [2.45, 2.75) is 19.2 Å². The van der Waals surface area contributed by atoms with Crippen LogP contribution in [0, 0.1) is 0 Å². The van der Waals surface area contributed by atoms with E-state index in [0.717, 1.165) is 18.2 Å². The summed E-state index contributed by atoms with van der Waals surface area (Å²) in [5, 5.41) is 2.29. The first-order valence-corrected chi connectivity index (χ1v) is 8.07. The van der Waals surface area contributed by atoms with Crippen LogP contribution in [0.1, 0.15) is 22.8 Å². The number of anilines is 1. The fourth-order valence-electron chi connectivity index (χ4n) is 2.34. The predicted octanol–water partition coefficient (Wildman–Crippen LogP) is 3.91. The molecule has 0 aliphatic rings. The van der Waals surface area contributed by atoms with Gasteiger partial charge < -0.3 is 19.5 Å². The van der Waals surface area contributed by atoms with Crippen LogP contribution in [0.25, 0.3) is 0 Å². The monoisotopic (exact) mass is 397 g/mol. The molecule has 0 radical (unpaired) electrons. The molecule has 1 N–H and O–H groups in total. The zero-order chi connectivity index (χ0) is 20.9. The molecule has 0 aromatic heterocycles. The molecule has 9 heteroatoms. The highest BCUT2D eigenvalue weighted by Gasteiger charge is 2.31. The number of benzene rings is 2. The molecule has 1 atom stereocenters. The lowest BCUT2D eigenvalue weighted by atomic mass is 10.1. The molecule has 28 heavy (non-hydrogen) atoms. The Morgan fingerprint density at radius 3 is 2.11 bits per heavy atom. The van der Waals surface area contributed by atoms with E-state index in [1.807, 2.05) is 0 Å². The summed E-state index contributed by atoms with van der Waals surface area (Å²) in [5.74, 6) is -1.28. The second-order valence-corrected chi connectivity index (χ2v) is 5.65. The maximum Gasteiger partial charge on any atom is 0.416 e. The molecular formula is C19H18F3NO5. The zero-order valence-electron chi connectivity index (χ0n) is 15.3. The Hall–Kier alpha value is -3.23. The minimum atomic E-state index is -4.54. The number of hydrogen-bond acceptors (Lipinski definition) is 5. The van der Waals surface area contributed by atoms with E-state index in [4.69, 9.17) is 14.2 Å². The molecule has 0 aliphatic carbocycles. The molecule has 2 aromatic carbocycles. The average molecular weight is 397 g/mol. The van der Waals surface area contributed by atoms with E-state index < -0.39 is 29.7 Å². The number of esters is 1. The summed E-state index contributed by atoms with van der Waals surface area (Å²) in [4.78, 5) is 24.7. The maximum atomic E-state index is 12.8. The summed E-state index contributed by atoms with van der Waals surface area (Å²) in [6.45, 7) is 1.29. The van der Waals surface area contributed by atoms with Gasteiger partial charge in [0, 0.05) is 5.69 Å². The number of methoxy groups -OCH3 is 2. The topological polar surface area (TPSA) is 73.9 Å². The van der Waals surface area contributed by atoms with Gasteiger partial charge in [0.15, 0.2) is 6.10 Å². The summed E-state index contributed by atoms with van der Waals surface area (Å²) in [6.07, 6.45) is -5.82. The van der Waals surface area contributed by atoms with Gasteiger partial charge in [-0.2, -0.15) is 13.2 Å². The van der Waals surface area contributed by atoms with Crippen molar-refractivity contribution >= 4 is 17.6 Å². The van der Waals surface area contributed by atoms with Gasteiger partial charge in [-0.1, -0.05) is 12.1 Å². The van der Waals surface area contributed by atoms with Crippen molar-refractivity contribution in [2.24, 2.45) is 0 Å². The number of carbonyl (C=O) groups excluding carboxylic acids is 2. The second kappa shape index (κ2) is 8.64. The number of carbonyl (C=O) groups is 2. The highest BCUT2D eigenvalue weighted by atomic mass is 19.4. The zero-order valence-corrected chi connectivity index (χ0v) is 15.3. The first kappa shape index (κ1) is 21.1. The summed E-state index contributed by atoms with van der Waals surface area (Å²) in [6, 6.07) is 8.78. The number of alkyl halides is 3. The fraction of sp³-hybridized carbons (Fsp3) is 0.263. The molecular weight excluding hydrogens is 379 g/mol. The third kappa shape index (κ3) is 4.93. The molecule has 0 saturated heterocycles. The smallest absolute Gasteiger partial charge is 0.416 e. The Kier molecular flexibility index (Phi) is 6.50. The van der Waals surface area contributed by atoms with Crippen LogP contribution in [-0.4, -0.2) is 32.2 Å². The van der Waals surface area contributed by atoms with Gasteiger partial charge in [-0.3, -0.25) is 4.79 Å². The van der Waals surface area contributed by atoms with Gasteiger partial charge in [-0.25, -0.2) is 4.79 Å². The number of hydrogen-bond donors (Lipinski definition) is 1. The Morgan fingerprint density at radius 1 is 1.00 bits per heavy atom. The number of halogens is 3. The van der Waals surface area contributed by atoms with Crippen molar-refractivity contribution in [3.05, 3.63) is 53.6 Å². The molecule has 1 amide bonds. The van der Waals surface area contributed by atoms with Crippen LogP contribution in [0.5, 0.6) is 11.5 Å². The van der Waals surface area contributed by atoms with Crippen LogP contribution >= 0.6 is 0 Å². The molecule has 0 aliphatic heterocycles. The molecule has 6 nitrogen and oxygen atoms in total. The quantitative estimate of drug-likeness (QED) is 0.749. The predicted molar refractivity (Wildman–Crippen MR) is 94.5 cm³/mol.